The van der Waals surface area contributed by atoms with E-state index >= 15 is 0 Å². The molecule has 0 spiro atoms. The summed E-state index contributed by atoms with van der Waals surface area (Å²) in [7, 11) is 0. The van der Waals surface area contributed by atoms with Gasteiger partial charge in [0.2, 0.25) is 0 Å². The highest BCUT2D eigenvalue weighted by Gasteiger charge is 2.48. The van der Waals surface area contributed by atoms with Crippen molar-refractivity contribution in [3.8, 4) is 0 Å². The predicted molar refractivity (Wildman–Crippen MR) is 65.4 cm³/mol. The summed E-state index contributed by atoms with van der Waals surface area (Å²) in [5.41, 5.74) is 0.804. The Balaban J connectivity index is 1.66. The average molecular weight is 244 g/mol. The van der Waals surface area contributed by atoms with Crippen LogP contribution in [-0.2, 0) is 4.79 Å². The highest BCUT2D eigenvalue weighted by molar-refractivity contribution is 6.06. The second kappa shape index (κ2) is 3.46. The maximum absolute atomic E-state index is 12.4. The van der Waals surface area contributed by atoms with Gasteiger partial charge in [0.25, 0.3) is 5.91 Å². The fourth-order valence-corrected chi connectivity index (χ4v) is 3.32. The molecule has 4 rings (SSSR count). The fraction of sp³-hybridized carbons (Fsp3) is 0.571. The molecular formula is C14H16N2O2. The standard InChI is InChI=1S/C14H16N2O2/c17-13-12-3-1-2-6-15(12)14(18)16(13)11-5-4-9-7-10(9)8-11/h4-5,8-10,12H,1-3,6-7H2. The SMILES string of the molecule is O=C1C2CCCCN2C(=O)N1C1=CC2CC2C=C1. The molecule has 2 aliphatic carbocycles. The van der Waals surface area contributed by atoms with Crippen molar-refractivity contribution in [1.82, 2.24) is 9.80 Å². The number of hydrogen-bond donors (Lipinski definition) is 0. The van der Waals surface area contributed by atoms with Gasteiger partial charge in [0.1, 0.15) is 6.04 Å². The minimum absolute atomic E-state index is 0.0188. The second-order valence-corrected chi connectivity index (χ2v) is 5.68. The number of hydrogen-bond acceptors (Lipinski definition) is 2. The first-order valence-electron chi connectivity index (χ1n) is 6.80. The first kappa shape index (κ1) is 10.4. The Morgan fingerprint density at radius 3 is 2.83 bits per heavy atom. The fourth-order valence-electron chi connectivity index (χ4n) is 3.32. The quantitative estimate of drug-likeness (QED) is 0.661. The second-order valence-electron chi connectivity index (χ2n) is 5.68. The third-order valence-corrected chi connectivity index (χ3v) is 4.49. The minimum Gasteiger partial charge on any atom is -0.312 e. The van der Waals surface area contributed by atoms with Gasteiger partial charge in [-0.15, -0.1) is 0 Å². The molecule has 94 valence electrons. The Kier molecular flexibility index (Phi) is 1.99. The number of fused-ring (bicyclic) bond motifs is 2. The third kappa shape index (κ3) is 1.32. The molecule has 2 aliphatic heterocycles. The molecule has 3 unspecified atom stereocenters. The van der Waals surface area contributed by atoms with Gasteiger partial charge < -0.3 is 4.90 Å². The molecule has 0 N–H and O–H groups in total. The lowest BCUT2D eigenvalue weighted by molar-refractivity contribution is -0.127. The monoisotopic (exact) mass is 244 g/mol. The zero-order valence-electron chi connectivity index (χ0n) is 10.2. The Bertz CT molecular complexity index is 470. The molecule has 0 aromatic rings. The molecule has 18 heavy (non-hydrogen) atoms. The lowest BCUT2D eigenvalue weighted by Crippen LogP contribution is -2.38. The van der Waals surface area contributed by atoms with E-state index in [-0.39, 0.29) is 18.0 Å². The summed E-state index contributed by atoms with van der Waals surface area (Å²) in [6.45, 7) is 0.731. The highest BCUT2D eigenvalue weighted by atomic mass is 16.2. The van der Waals surface area contributed by atoms with Gasteiger partial charge in [0, 0.05) is 12.2 Å². The Morgan fingerprint density at radius 1 is 1.17 bits per heavy atom. The van der Waals surface area contributed by atoms with Crippen LogP contribution in [0.4, 0.5) is 4.79 Å². The zero-order valence-corrected chi connectivity index (χ0v) is 10.2. The van der Waals surface area contributed by atoms with Crippen molar-refractivity contribution in [2.75, 3.05) is 6.54 Å². The number of carbonyl (C=O) groups is 2. The van der Waals surface area contributed by atoms with Crippen LogP contribution in [-0.4, -0.2) is 34.3 Å². The van der Waals surface area contributed by atoms with Crippen LogP contribution < -0.4 is 0 Å². The van der Waals surface area contributed by atoms with Crippen LogP contribution in [0.2, 0.25) is 0 Å². The molecule has 0 radical (unpaired) electrons. The number of carbonyl (C=O) groups excluding carboxylic acids is 2. The normalized spacial score (nSPS) is 37.6. The van der Waals surface area contributed by atoms with Crippen LogP contribution >= 0.6 is 0 Å². The summed E-state index contributed by atoms with van der Waals surface area (Å²) in [5.74, 6) is 1.20. The smallest absolute Gasteiger partial charge is 0.312 e. The van der Waals surface area contributed by atoms with Gasteiger partial charge >= 0.3 is 6.03 Å². The Morgan fingerprint density at radius 2 is 2.06 bits per heavy atom. The predicted octanol–water partition coefficient (Wildman–Crippen LogP) is 1.89. The topological polar surface area (TPSA) is 40.6 Å². The van der Waals surface area contributed by atoms with Gasteiger partial charge in [-0.3, -0.25) is 4.79 Å². The molecule has 4 aliphatic rings. The van der Waals surface area contributed by atoms with Crippen LogP contribution in [0.1, 0.15) is 25.7 Å². The molecule has 4 nitrogen and oxygen atoms in total. The molecule has 0 aromatic carbocycles. The van der Waals surface area contributed by atoms with Gasteiger partial charge in [-0.2, -0.15) is 0 Å². The molecule has 0 bridgehead atoms. The summed E-state index contributed by atoms with van der Waals surface area (Å²) >= 11 is 0. The van der Waals surface area contributed by atoms with E-state index in [0.717, 1.165) is 31.5 Å². The molecule has 1 saturated carbocycles. The molecule has 0 aromatic heterocycles. The number of piperidine rings is 1. The van der Waals surface area contributed by atoms with Gasteiger partial charge in [-0.05, 0) is 43.6 Å². The first-order chi connectivity index (χ1) is 8.75. The molecule has 2 heterocycles. The van der Waals surface area contributed by atoms with Gasteiger partial charge in [-0.25, -0.2) is 9.69 Å². The number of allylic oxidation sites excluding steroid dienone is 3. The van der Waals surface area contributed by atoms with E-state index in [1.54, 1.807) is 4.90 Å². The zero-order chi connectivity index (χ0) is 12.3. The van der Waals surface area contributed by atoms with Crippen molar-refractivity contribution in [1.29, 1.82) is 0 Å². The Hall–Kier alpha value is -1.58. The maximum atomic E-state index is 12.4. The summed E-state index contributed by atoms with van der Waals surface area (Å²) in [6.07, 6.45) is 10.2. The van der Waals surface area contributed by atoms with Crippen LogP contribution in [0, 0.1) is 11.8 Å². The van der Waals surface area contributed by atoms with Gasteiger partial charge in [0.15, 0.2) is 0 Å². The lowest BCUT2D eigenvalue weighted by Gasteiger charge is -2.26. The average Bonchev–Trinajstić information content (AvgIpc) is 3.12. The molecular weight excluding hydrogens is 228 g/mol. The molecule has 3 fully saturated rings. The van der Waals surface area contributed by atoms with Crippen molar-refractivity contribution >= 4 is 11.9 Å². The summed E-state index contributed by atoms with van der Waals surface area (Å²) in [5, 5.41) is 0. The van der Waals surface area contributed by atoms with E-state index in [4.69, 9.17) is 0 Å². The van der Waals surface area contributed by atoms with E-state index in [9.17, 15) is 9.59 Å². The van der Waals surface area contributed by atoms with Crippen LogP contribution in [0.5, 0.6) is 0 Å². The largest absolute Gasteiger partial charge is 0.332 e. The third-order valence-electron chi connectivity index (χ3n) is 4.49. The van der Waals surface area contributed by atoms with Crippen molar-refractivity contribution < 1.29 is 9.59 Å². The van der Waals surface area contributed by atoms with E-state index in [2.05, 4.69) is 12.2 Å². The molecule has 3 amide bonds. The van der Waals surface area contributed by atoms with Crippen LogP contribution in [0.25, 0.3) is 0 Å². The number of amides is 3. The van der Waals surface area contributed by atoms with Crippen molar-refractivity contribution in [2.45, 2.75) is 31.7 Å². The number of urea groups is 1. The lowest BCUT2D eigenvalue weighted by atomic mass is 10.0. The summed E-state index contributed by atoms with van der Waals surface area (Å²) in [6, 6.07) is -0.308. The van der Waals surface area contributed by atoms with E-state index in [0.29, 0.717) is 11.8 Å². The molecule has 4 heteroatoms. The van der Waals surface area contributed by atoms with Gasteiger partial charge in [-0.1, -0.05) is 12.2 Å². The minimum atomic E-state index is -0.197. The summed E-state index contributed by atoms with van der Waals surface area (Å²) < 4.78 is 0. The van der Waals surface area contributed by atoms with Crippen molar-refractivity contribution in [3.63, 3.8) is 0 Å². The number of rotatable bonds is 1. The molecule has 3 atom stereocenters. The Labute approximate surface area is 106 Å². The van der Waals surface area contributed by atoms with E-state index < -0.39 is 0 Å². The maximum Gasteiger partial charge on any atom is 0.332 e. The number of nitrogens with zero attached hydrogens (tertiary/aromatic N) is 2. The summed E-state index contributed by atoms with van der Waals surface area (Å²) in [4.78, 5) is 27.8. The highest BCUT2D eigenvalue weighted by Crippen LogP contribution is 2.45. The molecule has 2 saturated heterocycles. The first-order valence-corrected chi connectivity index (χ1v) is 6.80. The van der Waals surface area contributed by atoms with Crippen LogP contribution in [0.15, 0.2) is 23.9 Å². The van der Waals surface area contributed by atoms with Crippen molar-refractivity contribution in [2.24, 2.45) is 11.8 Å². The van der Waals surface area contributed by atoms with E-state index in [1.165, 1.54) is 11.3 Å². The number of imide groups is 1. The van der Waals surface area contributed by atoms with E-state index in [1.807, 2.05) is 6.08 Å². The van der Waals surface area contributed by atoms with Gasteiger partial charge in [0.05, 0.1) is 0 Å². The van der Waals surface area contributed by atoms with Crippen LogP contribution in [0.3, 0.4) is 0 Å². The van der Waals surface area contributed by atoms with Crippen molar-refractivity contribution in [3.05, 3.63) is 23.9 Å².